The van der Waals surface area contributed by atoms with Crippen LogP contribution in [0.2, 0.25) is 0 Å². The molecule has 0 aliphatic carbocycles. The van der Waals surface area contributed by atoms with Crippen molar-refractivity contribution in [2.24, 2.45) is 5.73 Å². The fourth-order valence-corrected chi connectivity index (χ4v) is 3.05. The van der Waals surface area contributed by atoms with Gasteiger partial charge in [-0.15, -0.1) is 0 Å². The first-order chi connectivity index (χ1) is 9.04. The molecule has 104 valence electrons. The van der Waals surface area contributed by atoms with Gasteiger partial charge in [0.25, 0.3) is 0 Å². The smallest absolute Gasteiger partial charge is 0.161 e. The van der Waals surface area contributed by atoms with Crippen molar-refractivity contribution in [3.05, 3.63) is 23.8 Å². The van der Waals surface area contributed by atoms with Crippen molar-refractivity contribution in [2.75, 3.05) is 19.8 Å². The van der Waals surface area contributed by atoms with Gasteiger partial charge in [-0.05, 0) is 38.0 Å². The zero-order chi connectivity index (χ0) is 13.5. The SMILES string of the molecule is CC1(C)CC(N)CN1Cc1ccc2c(c1)OCCO2. The Balaban J connectivity index is 1.76. The number of nitrogens with zero attached hydrogens (tertiary/aromatic N) is 1. The maximum Gasteiger partial charge on any atom is 0.161 e. The molecule has 1 aromatic rings. The van der Waals surface area contributed by atoms with Crippen LogP contribution in [0.1, 0.15) is 25.8 Å². The van der Waals surface area contributed by atoms with E-state index in [1.165, 1.54) is 5.56 Å². The molecule has 1 saturated heterocycles. The van der Waals surface area contributed by atoms with Gasteiger partial charge in [0.05, 0.1) is 0 Å². The highest BCUT2D eigenvalue weighted by atomic mass is 16.6. The van der Waals surface area contributed by atoms with Crippen LogP contribution in [0.5, 0.6) is 11.5 Å². The first kappa shape index (κ1) is 12.8. The van der Waals surface area contributed by atoms with Gasteiger partial charge in [0.15, 0.2) is 11.5 Å². The molecule has 0 radical (unpaired) electrons. The van der Waals surface area contributed by atoms with Crippen molar-refractivity contribution in [3.8, 4) is 11.5 Å². The van der Waals surface area contributed by atoms with Crippen molar-refractivity contribution in [3.63, 3.8) is 0 Å². The van der Waals surface area contributed by atoms with E-state index in [2.05, 4.69) is 30.9 Å². The minimum atomic E-state index is 0.173. The molecule has 1 aromatic carbocycles. The Morgan fingerprint density at radius 2 is 2.00 bits per heavy atom. The molecule has 4 heteroatoms. The molecule has 0 bridgehead atoms. The number of likely N-dealkylation sites (tertiary alicyclic amines) is 1. The Bertz CT molecular complexity index is 473. The van der Waals surface area contributed by atoms with Gasteiger partial charge >= 0.3 is 0 Å². The number of fused-ring (bicyclic) bond motifs is 1. The molecule has 2 N–H and O–H groups in total. The minimum absolute atomic E-state index is 0.173. The lowest BCUT2D eigenvalue weighted by Crippen LogP contribution is -2.37. The highest BCUT2D eigenvalue weighted by molar-refractivity contribution is 5.43. The van der Waals surface area contributed by atoms with Crippen molar-refractivity contribution in [1.29, 1.82) is 0 Å². The van der Waals surface area contributed by atoms with Gasteiger partial charge in [-0.25, -0.2) is 0 Å². The second-order valence-corrected chi connectivity index (χ2v) is 6.14. The number of hydrogen-bond acceptors (Lipinski definition) is 4. The van der Waals surface area contributed by atoms with E-state index < -0.39 is 0 Å². The molecule has 0 spiro atoms. The van der Waals surface area contributed by atoms with E-state index in [1.54, 1.807) is 0 Å². The van der Waals surface area contributed by atoms with Gasteiger partial charge < -0.3 is 15.2 Å². The van der Waals surface area contributed by atoms with Gasteiger partial charge in [0, 0.05) is 24.7 Å². The molecular weight excluding hydrogens is 240 g/mol. The monoisotopic (exact) mass is 262 g/mol. The van der Waals surface area contributed by atoms with Gasteiger partial charge in [-0.2, -0.15) is 0 Å². The summed E-state index contributed by atoms with van der Waals surface area (Å²) in [5.74, 6) is 1.72. The van der Waals surface area contributed by atoms with Crippen molar-refractivity contribution in [2.45, 2.75) is 38.4 Å². The molecule has 19 heavy (non-hydrogen) atoms. The largest absolute Gasteiger partial charge is 0.486 e. The third kappa shape index (κ3) is 2.55. The molecule has 4 nitrogen and oxygen atoms in total. The Morgan fingerprint density at radius 3 is 2.68 bits per heavy atom. The maximum atomic E-state index is 6.08. The Hall–Kier alpha value is -1.26. The van der Waals surface area contributed by atoms with E-state index in [0.717, 1.165) is 31.0 Å². The van der Waals surface area contributed by atoms with Crippen LogP contribution < -0.4 is 15.2 Å². The number of nitrogens with two attached hydrogens (primary N) is 1. The summed E-state index contributed by atoms with van der Waals surface area (Å²) in [6.07, 6.45) is 1.05. The van der Waals surface area contributed by atoms with E-state index in [0.29, 0.717) is 13.2 Å². The summed E-state index contributed by atoms with van der Waals surface area (Å²) in [5, 5.41) is 0. The average molecular weight is 262 g/mol. The summed E-state index contributed by atoms with van der Waals surface area (Å²) < 4.78 is 11.2. The molecule has 2 heterocycles. The molecule has 1 atom stereocenters. The number of ether oxygens (including phenoxy) is 2. The molecule has 0 saturated carbocycles. The summed E-state index contributed by atoms with van der Waals surface area (Å²) in [5.41, 5.74) is 7.51. The lowest BCUT2D eigenvalue weighted by Gasteiger charge is -2.31. The summed E-state index contributed by atoms with van der Waals surface area (Å²) in [6, 6.07) is 6.50. The highest BCUT2D eigenvalue weighted by Gasteiger charge is 2.36. The Kier molecular flexibility index (Phi) is 3.15. The van der Waals surface area contributed by atoms with Crippen LogP contribution in [0, 0.1) is 0 Å². The summed E-state index contributed by atoms with van der Waals surface area (Å²) >= 11 is 0. The van der Waals surface area contributed by atoms with Crippen LogP contribution >= 0.6 is 0 Å². The number of hydrogen-bond donors (Lipinski definition) is 1. The predicted molar refractivity (Wildman–Crippen MR) is 74.5 cm³/mol. The van der Waals surface area contributed by atoms with Crippen molar-refractivity contribution >= 4 is 0 Å². The van der Waals surface area contributed by atoms with Gasteiger partial charge in [-0.3, -0.25) is 4.90 Å². The van der Waals surface area contributed by atoms with Gasteiger partial charge in [-0.1, -0.05) is 6.07 Å². The van der Waals surface area contributed by atoms with Crippen molar-refractivity contribution in [1.82, 2.24) is 4.90 Å². The van der Waals surface area contributed by atoms with Crippen LogP contribution in [0.15, 0.2) is 18.2 Å². The molecule has 3 rings (SSSR count). The molecule has 2 aliphatic rings. The number of benzene rings is 1. The topological polar surface area (TPSA) is 47.7 Å². The van der Waals surface area contributed by atoms with E-state index in [1.807, 2.05) is 6.07 Å². The highest BCUT2D eigenvalue weighted by Crippen LogP contribution is 2.33. The Labute approximate surface area is 114 Å². The van der Waals surface area contributed by atoms with Gasteiger partial charge in [0.2, 0.25) is 0 Å². The summed E-state index contributed by atoms with van der Waals surface area (Å²) in [4.78, 5) is 2.45. The Morgan fingerprint density at radius 1 is 1.26 bits per heavy atom. The molecule has 1 unspecified atom stereocenters. The molecule has 0 aromatic heterocycles. The van der Waals surface area contributed by atoms with Crippen LogP contribution in [0.4, 0.5) is 0 Å². The van der Waals surface area contributed by atoms with Crippen LogP contribution in [0.25, 0.3) is 0 Å². The fraction of sp³-hybridized carbons (Fsp3) is 0.600. The van der Waals surface area contributed by atoms with Crippen LogP contribution in [-0.2, 0) is 6.54 Å². The number of rotatable bonds is 2. The molecule has 1 fully saturated rings. The second-order valence-electron chi connectivity index (χ2n) is 6.14. The third-order valence-electron chi connectivity index (χ3n) is 4.05. The summed E-state index contributed by atoms with van der Waals surface area (Å²) in [7, 11) is 0. The quantitative estimate of drug-likeness (QED) is 0.882. The van der Waals surface area contributed by atoms with E-state index in [9.17, 15) is 0 Å². The van der Waals surface area contributed by atoms with E-state index in [-0.39, 0.29) is 11.6 Å². The third-order valence-corrected chi connectivity index (χ3v) is 4.05. The normalized spacial score (nSPS) is 25.5. The molecule has 2 aliphatic heterocycles. The molecule has 0 amide bonds. The second kappa shape index (κ2) is 4.69. The molecular formula is C15H22N2O2. The fourth-order valence-electron chi connectivity index (χ4n) is 3.05. The van der Waals surface area contributed by atoms with E-state index in [4.69, 9.17) is 15.2 Å². The first-order valence-corrected chi connectivity index (χ1v) is 6.94. The van der Waals surface area contributed by atoms with Gasteiger partial charge in [0.1, 0.15) is 13.2 Å². The minimum Gasteiger partial charge on any atom is -0.486 e. The first-order valence-electron chi connectivity index (χ1n) is 6.94. The standard InChI is InChI=1S/C15H22N2O2/c1-15(2)8-12(16)10-17(15)9-11-3-4-13-14(7-11)19-6-5-18-13/h3-4,7,12H,5-6,8-10,16H2,1-2H3. The van der Waals surface area contributed by atoms with Crippen molar-refractivity contribution < 1.29 is 9.47 Å². The zero-order valence-electron chi connectivity index (χ0n) is 11.7. The van der Waals surface area contributed by atoms with Crippen LogP contribution in [-0.4, -0.2) is 36.2 Å². The van der Waals surface area contributed by atoms with Crippen LogP contribution in [0.3, 0.4) is 0 Å². The zero-order valence-corrected chi connectivity index (χ0v) is 11.7. The maximum absolute atomic E-state index is 6.08. The predicted octanol–water partition coefficient (Wildman–Crippen LogP) is 1.77. The summed E-state index contributed by atoms with van der Waals surface area (Å²) in [6.45, 7) is 7.67. The lowest BCUT2D eigenvalue weighted by molar-refractivity contribution is 0.162. The lowest BCUT2D eigenvalue weighted by atomic mass is 10.00. The van der Waals surface area contributed by atoms with E-state index >= 15 is 0 Å². The average Bonchev–Trinajstić information content (AvgIpc) is 2.62.